The van der Waals surface area contributed by atoms with Crippen LogP contribution in [0.15, 0.2) is 24.3 Å². The van der Waals surface area contributed by atoms with E-state index in [2.05, 4.69) is 64.3 Å². The minimum atomic E-state index is 0.160. The Morgan fingerprint density at radius 2 is 2.00 bits per heavy atom. The second-order valence-corrected chi connectivity index (χ2v) is 6.97. The Bertz CT molecular complexity index is 435. The van der Waals surface area contributed by atoms with Gasteiger partial charge < -0.3 is 10.1 Å². The van der Waals surface area contributed by atoms with Gasteiger partial charge in [-0.2, -0.15) is 0 Å². The molecule has 0 spiro atoms. The van der Waals surface area contributed by atoms with Gasteiger partial charge in [0, 0.05) is 12.6 Å². The Labute approximate surface area is 123 Å². The lowest BCUT2D eigenvalue weighted by Crippen LogP contribution is -2.48. The molecule has 0 amide bonds. The normalized spacial score (nSPS) is 20.9. The predicted molar refractivity (Wildman–Crippen MR) is 85.2 cm³/mol. The van der Waals surface area contributed by atoms with E-state index in [1.807, 2.05) is 0 Å². The standard InChI is InChI=1S/C18H29NO/c1-6-20-17(18(2,3)4)16(19-5)12-14-11-13-9-7-8-10-15(13)14/h7-10,14,16-17,19H,6,11-12H2,1-5H3. The van der Waals surface area contributed by atoms with Crippen molar-refractivity contribution in [3.63, 3.8) is 0 Å². The van der Waals surface area contributed by atoms with Crippen molar-refractivity contribution < 1.29 is 4.74 Å². The molecule has 2 heteroatoms. The van der Waals surface area contributed by atoms with Gasteiger partial charge in [0.15, 0.2) is 0 Å². The molecular weight excluding hydrogens is 246 g/mol. The monoisotopic (exact) mass is 275 g/mol. The van der Waals surface area contributed by atoms with Crippen LogP contribution in [-0.4, -0.2) is 25.8 Å². The number of hydrogen-bond acceptors (Lipinski definition) is 2. The van der Waals surface area contributed by atoms with Crippen molar-refractivity contribution >= 4 is 0 Å². The highest BCUT2D eigenvalue weighted by Gasteiger charge is 2.36. The van der Waals surface area contributed by atoms with Crippen LogP contribution < -0.4 is 5.32 Å². The van der Waals surface area contributed by atoms with E-state index in [1.54, 1.807) is 0 Å². The lowest BCUT2D eigenvalue weighted by Gasteiger charge is -2.40. The maximum atomic E-state index is 6.05. The third-order valence-corrected chi connectivity index (χ3v) is 4.44. The van der Waals surface area contributed by atoms with Gasteiger partial charge in [-0.3, -0.25) is 0 Å². The van der Waals surface area contributed by atoms with Crippen LogP contribution in [-0.2, 0) is 11.2 Å². The minimum absolute atomic E-state index is 0.160. The molecule has 1 aromatic rings. The highest BCUT2D eigenvalue weighted by molar-refractivity contribution is 5.40. The lowest BCUT2D eigenvalue weighted by atomic mass is 9.72. The molecule has 1 aromatic carbocycles. The zero-order valence-corrected chi connectivity index (χ0v) is 13.6. The van der Waals surface area contributed by atoms with E-state index < -0.39 is 0 Å². The van der Waals surface area contributed by atoms with Gasteiger partial charge >= 0.3 is 0 Å². The number of benzene rings is 1. The van der Waals surface area contributed by atoms with Crippen LogP contribution in [0.3, 0.4) is 0 Å². The summed E-state index contributed by atoms with van der Waals surface area (Å²) in [6.45, 7) is 9.68. The number of ether oxygens (including phenoxy) is 1. The third kappa shape index (κ3) is 3.24. The van der Waals surface area contributed by atoms with Gasteiger partial charge in [-0.25, -0.2) is 0 Å². The number of nitrogens with one attached hydrogen (secondary N) is 1. The van der Waals surface area contributed by atoms with Crippen molar-refractivity contribution in [2.24, 2.45) is 5.41 Å². The SMILES string of the molecule is CCOC(C(CC1Cc2ccccc21)NC)C(C)(C)C. The molecule has 0 bridgehead atoms. The number of fused-ring (bicyclic) bond motifs is 1. The molecule has 112 valence electrons. The van der Waals surface area contributed by atoms with Crippen molar-refractivity contribution in [3.8, 4) is 0 Å². The van der Waals surface area contributed by atoms with Gasteiger partial charge in [0.25, 0.3) is 0 Å². The number of rotatable bonds is 6. The molecule has 2 rings (SSSR count). The molecule has 0 fully saturated rings. The van der Waals surface area contributed by atoms with Gasteiger partial charge in [0.2, 0.25) is 0 Å². The topological polar surface area (TPSA) is 21.3 Å². The quantitative estimate of drug-likeness (QED) is 0.853. The molecule has 3 unspecified atom stereocenters. The zero-order chi connectivity index (χ0) is 14.8. The van der Waals surface area contributed by atoms with E-state index >= 15 is 0 Å². The fourth-order valence-corrected chi connectivity index (χ4v) is 3.42. The summed E-state index contributed by atoms with van der Waals surface area (Å²) in [6, 6.07) is 9.24. The van der Waals surface area contributed by atoms with Crippen LogP contribution in [0.5, 0.6) is 0 Å². The van der Waals surface area contributed by atoms with Crippen LogP contribution in [0.2, 0.25) is 0 Å². The van der Waals surface area contributed by atoms with Gasteiger partial charge in [-0.1, -0.05) is 45.0 Å². The van der Waals surface area contributed by atoms with Crippen LogP contribution in [0, 0.1) is 5.41 Å². The molecule has 2 nitrogen and oxygen atoms in total. The molecular formula is C18H29NO. The Kier molecular flexibility index (Phi) is 4.87. The number of likely N-dealkylation sites (N-methyl/N-ethyl adjacent to an activating group) is 1. The van der Waals surface area contributed by atoms with E-state index in [-0.39, 0.29) is 11.5 Å². The first-order valence-corrected chi connectivity index (χ1v) is 7.84. The molecule has 0 saturated heterocycles. The largest absolute Gasteiger partial charge is 0.376 e. The highest BCUT2D eigenvalue weighted by Crippen LogP contribution is 2.40. The van der Waals surface area contributed by atoms with Crippen LogP contribution in [0.4, 0.5) is 0 Å². The summed E-state index contributed by atoms with van der Waals surface area (Å²) in [5.74, 6) is 0.689. The van der Waals surface area contributed by atoms with Gasteiger partial charge in [-0.15, -0.1) is 0 Å². The van der Waals surface area contributed by atoms with E-state index in [1.165, 1.54) is 17.5 Å². The average Bonchev–Trinajstić information content (AvgIpc) is 2.37. The lowest BCUT2D eigenvalue weighted by molar-refractivity contribution is -0.0376. The third-order valence-electron chi connectivity index (χ3n) is 4.44. The van der Waals surface area contributed by atoms with E-state index in [0.29, 0.717) is 12.0 Å². The molecule has 20 heavy (non-hydrogen) atoms. The zero-order valence-electron chi connectivity index (χ0n) is 13.6. The van der Waals surface area contributed by atoms with Crippen molar-refractivity contribution in [2.45, 2.75) is 58.6 Å². The summed E-state index contributed by atoms with van der Waals surface area (Å²) in [6.07, 6.45) is 2.64. The first kappa shape index (κ1) is 15.5. The average molecular weight is 275 g/mol. The fourth-order valence-electron chi connectivity index (χ4n) is 3.42. The van der Waals surface area contributed by atoms with Crippen molar-refractivity contribution in [1.82, 2.24) is 5.32 Å². The Hall–Kier alpha value is -0.860. The molecule has 0 saturated carbocycles. The summed E-state index contributed by atoms with van der Waals surface area (Å²) in [4.78, 5) is 0. The van der Waals surface area contributed by atoms with E-state index in [0.717, 1.165) is 13.0 Å². The van der Waals surface area contributed by atoms with Gasteiger partial charge in [0.05, 0.1) is 6.10 Å². The van der Waals surface area contributed by atoms with Crippen molar-refractivity contribution in [3.05, 3.63) is 35.4 Å². The second-order valence-electron chi connectivity index (χ2n) is 6.97. The number of hydrogen-bond donors (Lipinski definition) is 1. The molecule has 1 aliphatic rings. The molecule has 0 aromatic heterocycles. The van der Waals surface area contributed by atoms with E-state index in [4.69, 9.17) is 4.74 Å². The first-order chi connectivity index (χ1) is 9.47. The Morgan fingerprint density at radius 1 is 1.30 bits per heavy atom. The Morgan fingerprint density at radius 3 is 2.55 bits per heavy atom. The van der Waals surface area contributed by atoms with Crippen molar-refractivity contribution in [2.75, 3.05) is 13.7 Å². The first-order valence-electron chi connectivity index (χ1n) is 7.84. The predicted octanol–water partition coefficient (Wildman–Crippen LogP) is 3.76. The van der Waals surface area contributed by atoms with E-state index in [9.17, 15) is 0 Å². The van der Waals surface area contributed by atoms with Crippen molar-refractivity contribution in [1.29, 1.82) is 0 Å². The van der Waals surface area contributed by atoms with Crippen LogP contribution in [0.25, 0.3) is 0 Å². The fraction of sp³-hybridized carbons (Fsp3) is 0.667. The minimum Gasteiger partial charge on any atom is -0.376 e. The Balaban J connectivity index is 2.06. The summed E-state index contributed by atoms with van der Waals surface area (Å²) < 4.78 is 6.05. The maximum absolute atomic E-state index is 6.05. The summed E-state index contributed by atoms with van der Waals surface area (Å²) >= 11 is 0. The highest BCUT2D eigenvalue weighted by atomic mass is 16.5. The second kappa shape index (κ2) is 6.28. The molecule has 1 aliphatic carbocycles. The maximum Gasteiger partial charge on any atom is 0.0776 e. The molecule has 1 N–H and O–H groups in total. The van der Waals surface area contributed by atoms with Gasteiger partial charge in [-0.05, 0) is 49.3 Å². The summed E-state index contributed by atoms with van der Waals surface area (Å²) in [5.41, 5.74) is 3.22. The molecule has 3 atom stereocenters. The molecule has 0 aliphatic heterocycles. The van der Waals surface area contributed by atoms with Crippen LogP contribution >= 0.6 is 0 Å². The summed E-state index contributed by atoms with van der Waals surface area (Å²) in [5, 5.41) is 3.50. The van der Waals surface area contributed by atoms with Crippen LogP contribution in [0.1, 0.15) is 51.2 Å². The van der Waals surface area contributed by atoms with Gasteiger partial charge in [0.1, 0.15) is 0 Å². The molecule has 0 radical (unpaired) electrons. The molecule has 0 heterocycles. The summed E-state index contributed by atoms with van der Waals surface area (Å²) in [7, 11) is 2.06. The smallest absolute Gasteiger partial charge is 0.0776 e.